The van der Waals surface area contributed by atoms with E-state index >= 15 is 0 Å². The molecule has 0 radical (unpaired) electrons. The Morgan fingerprint density at radius 1 is 1.30 bits per heavy atom. The monoisotopic (exact) mass is 432 g/mol. The predicted molar refractivity (Wildman–Crippen MR) is 106 cm³/mol. The molecule has 0 unspecified atom stereocenters. The van der Waals surface area contributed by atoms with E-state index in [0.717, 1.165) is 16.2 Å². The number of aromatic nitrogens is 1. The van der Waals surface area contributed by atoms with Crippen molar-refractivity contribution >= 4 is 46.8 Å². The van der Waals surface area contributed by atoms with Crippen molar-refractivity contribution in [1.82, 2.24) is 4.98 Å². The third-order valence-corrected chi connectivity index (χ3v) is 5.71. The second kappa shape index (κ2) is 9.48. The van der Waals surface area contributed by atoms with Crippen LogP contribution in [0.1, 0.15) is 25.3 Å². The van der Waals surface area contributed by atoms with E-state index in [2.05, 4.69) is 15.0 Å². The Morgan fingerprint density at radius 3 is 2.59 bits per heavy atom. The molecule has 5 nitrogen and oxygen atoms in total. The second-order valence-corrected chi connectivity index (χ2v) is 7.64. The van der Waals surface area contributed by atoms with Crippen LogP contribution in [0.3, 0.4) is 0 Å². The molecule has 0 bridgehead atoms. The van der Waals surface area contributed by atoms with Crippen LogP contribution in [0.5, 0.6) is 5.75 Å². The number of hydrogen-bond acceptors (Lipinski definition) is 6. The Morgan fingerprint density at radius 2 is 2.00 bits per heavy atom. The topological polar surface area (TPSA) is 60.5 Å². The summed E-state index contributed by atoms with van der Waals surface area (Å²) in [6, 6.07) is 5.62. The van der Waals surface area contributed by atoms with E-state index in [4.69, 9.17) is 27.9 Å². The summed E-state index contributed by atoms with van der Waals surface area (Å²) in [6.07, 6.45) is 0. The van der Waals surface area contributed by atoms with Gasteiger partial charge in [0.25, 0.3) is 0 Å². The van der Waals surface area contributed by atoms with Gasteiger partial charge in [0.15, 0.2) is 0 Å². The fraction of sp³-hybridized carbons (Fsp3) is 0.333. The molecule has 1 heterocycles. The summed E-state index contributed by atoms with van der Waals surface area (Å²) in [6.45, 7) is 3.90. The molecule has 0 saturated heterocycles. The average molecular weight is 433 g/mol. The minimum atomic E-state index is -0.881. The van der Waals surface area contributed by atoms with Gasteiger partial charge in [0, 0.05) is 4.90 Å². The average Bonchev–Trinajstić information content (AvgIpc) is 2.66. The van der Waals surface area contributed by atoms with Gasteiger partial charge in [0.2, 0.25) is 5.95 Å². The van der Waals surface area contributed by atoms with Crippen LogP contribution in [0.4, 0.5) is 10.2 Å². The van der Waals surface area contributed by atoms with Crippen LogP contribution in [-0.4, -0.2) is 31.7 Å². The molecule has 1 aromatic carbocycles. The second-order valence-electron chi connectivity index (χ2n) is 5.80. The van der Waals surface area contributed by atoms with E-state index in [9.17, 15) is 9.18 Å². The molecule has 2 rings (SSSR count). The normalized spacial score (nSPS) is 10.8. The van der Waals surface area contributed by atoms with Crippen LogP contribution in [-0.2, 0) is 9.53 Å². The number of benzene rings is 1. The molecule has 0 atom stereocenters. The molecule has 2 aromatic rings. The zero-order valence-corrected chi connectivity index (χ0v) is 17.6. The Bertz CT molecular complexity index is 850. The largest absolute Gasteiger partial charge is 0.496 e. The van der Waals surface area contributed by atoms with Crippen molar-refractivity contribution in [2.75, 3.05) is 26.1 Å². The van der Waals surface area contributed by atoms with Crippen LogP contribution in [0.15, 0.2) is 28.0 Å². The minimum absolute atomic E-state index is 0.0176. The fourth-order valence-electron chi connectivity index (χ4n) is 2.27. The van der Waals surface area contributed by atoms with Crippen LogP contribution >= 0.6 is 35.0 Å². The van der Waals surface area contributed by atoms with Gasteiger partial charge < -0.3 is 14.8 Å². The molecule has 27 heavy (non-hydrogen) atoms. The third kappa shape index (κ3) is 5.18. The lowest BCUT2D eigenvalue weighted by atomic mass is 10.0. The van der Waals surface area contributed by atoms with E-state index in [1.165, 1.54) is 18.9 Å². The van der Waals surface area contributed by atoms with Crippen LogP contribution in [0.2, 0.25) is 10.0 Å². The minimum Gasteiger partial charge on any atom is -0.496 e. The Kier molecular flexibility index (Phi) is 7.59. The highest BCUT2D eigenvalue weighted by Crippen LogP contribution is 2.43. The van der Waals surface area contributed by atoms with Crippen molar-refractivity contribution in [3.63, 3.8) is 0 Å². The SMILES string of the molecule is COC(=O)CNc1nc(F)c(Cl)c(Sc2ccc(OC)c(C(C)C)c2)c1Cl. The molecule has 0 aliphatic heterocycles. The summed E-state index contributed by atoms with van der Waals surface area (Å²) in [5, 5.41) is 2.59. The summed E-state index contributed by atoms with van der Waals surface area (Å²) in [7, 11) is 2.86. The molecule has 146 valence electrons. The van der Waals surface area contributed by atoms with E-state index in [-0.39, 0.29) is 28.3 Å². The van der Waals surface area contributed by atoms with Gasteiger partial charge in [-0.1, -0.05) is 48.8 Å². The lowest BCUT2D eigenvalue weighted by molar-refractivity contribution is -0.138. The first-order chi connectivity index (χ1) is 12.8. The van der Waals surface area contributed by atoms with Gasteiger partial charge >= 0.3 is 5.97 Å². The zero-order valence-electron chi connectivity index (χ0n) is 15.2. The Labute approximate surface area is 171 Å². The number of nitrogens with one attached hydrogen (secondary N) is 1. The highest BCUT2D eigenvalue weighted by Gasteiger charge is 2.20. The number of anilines is 1. The lowest BCUT2D eigenvalue weighted by Gasteiger charge is -2.15. The molecular weight excluding hydrogens is 414 g/mol. The van der Waals surface area contributed by atoms with Gasteiger partial charge in [0.1, 0.15) is 23.1 Å². The molecule has 1 N–H and O–H groups in total. The molecule has 0 saturated carbocycles. The first-order valence-electron chi connectivity index (χ1n) is 7.99. The number of hydrogen-bond donors (Lipinski definition) is 1. The van der Waals surface area contributed by atoms with Crippen molar-refractivity contribution in [3.8, 4) is 5.75 Å². The van der Waals surface area contributed by atoms with Crippen LogP contribution < -0.4 is 10.1 Å². The van der Waals surface area contributed by atoms with Crippen molar-refractivity contribution in [2.24, 2.45) is 0 Å². The number of nitrogens with zero attached hydrogens (tertiary/aromatic N) is 1. The highest BCUT2D eigenvalue weighted by molar-refractivity contribution is 7.99. The number of halogens is 3. The van der Waals surface area contributed by atoms with E-state index < -0.39 is 11.9 Å². The summed E-state index contributed by atoms with van der Waals surface area (Å²) < 4.78 is 24.1. The van der Waals surface area contributed by atoms with Gasteiger partial charge in [-0.2, -0.15) is 9.37 Å². The van der Waals surface area contributed by atoms with Gasteiger partial charge in [-0.15, -0.1) is 0 Å². The number of carbonyl (C=O) groups is 1. The first-order valence-corrected chi connectivity index (χ1v) is 9.56. The number of methoxy groups -OCH3 is 2. The number of ether oxygens (including phenoxy) is 2. The summed E-state index contributed by atoms with van der Waals surface area (Å²) >= 11 is 13.6. The predicted octanol–water partition coefficient (Wildman–Crippen LogP) is 5.40. The van der Waals surface area contributed by atoms with Crippen molar-refractivity contribution in [1.29, 1.82) is 0 Å². The van der Waals surface area contributed by atoms with Gasteiger partial charge in [0.05, 0.1) is 24.1 Å². The maximum Gasteiger partial charge on any atom is 0.325 e. The van der Waals surface area contributed by atoms with Gasteiger partial charge in [-0.05, 0) is 29.7 Å². The number of esters is 1. The standard InChI is InChI=1S/C18H19Cl2FN2O3S/c1-9(2)11-7-10(5-6-12(11)25-3)27-16-14(19)17(21)23-18(15(16)20)22-8-13(24)26-4/h5-7,9H,8H2,1-4H3,(H,22,23). The maximum atomic E-state index is 14.2. The molecule has 0 aliphatic carbocycles. The number of carbonyl (C=O) groups excluding carboxylic acids is 1. The Balaban J connectivity index is 2.39. The molecule has 0 spiro atoms. The maximum absolute atomic E-state index is 14.2. The summed E-state index contributed by atoms with van der Waals surface area (Å²) in [4.78, 5) is 16.1. The number of rotatable bonds is 7. The van der Waals surface area contributed by atoms with E-state index in [0.29, 0.717) is 4.90 Å². The van der Waals surface area contributed by atoms with E-state index in [1.807, 2.05) is 32.0 Å². The smallest absolute Gasteiger partial charge is 0.325 e. The van der Waals surface area contributed by atoms with Crippen LogP contribution in [0.25, 0.3) is 0 Å². The molecule has 0 fully saturated rings. The van der Waals surface area contributed by atoms with Gasteiger partial charge in [-0.25, -0.2) is 0 Å². The van der Waals surface area contributed by atoms with Crippen molar-refractivity contribution in [3.05, 3.63) is 39.8 Å². The molecular formula is C18H19Cl2FN2O3S. The molecule has 1 aromatic heterocycles. The lowest BCUT2D eigenvalue weighted by Crippen LogP contribution is -2.16. The van der Waals surface area contributed by atoms with Crippen molar-refractivity contribution < 1.29 is 18.7 Å². The molecule has 0 aliphatic rings. The molecule has 9 heteroatoms. The Hall–Kier alpha value is -1.70. The van der Waals surface area contributed by atoms with Crippen molar-refractivity contribution in [2.45, 2.75) is 29.6 Å². The third-order valence-electron chi connectivity index (χ3n) is 3.67. The van der Waals surface area contributed by atoms with Crippen LogP contribution in [0, 0.1) is 5.95 Å². The number of pyridine rings is 1. The van der Waals surface area contributed by atoms with E-state index in [1.54, 1.807) is 7.11 Å². The summed E-state index contributed by atoms with van der Waals surface area (Å²) in [5.41, 5.74) is 1.01. The zero-order chi connectivity index (χ0) is 20.1. The fourth-order valence-corrected chi connectivity index (χ4v) is 3.81. The van der Waals surface area contributed by atoms with Gasteiger partial charge in [-0.3, -0.25) is 4.79 Å². The molecule has 0 amide bonds. The first kappa shape index (κ1) is 21.6. The quantitative estimate of drug-likeness (QED) is 0.466. The highest BCUT2D eigenvalue weighted by atomic mass is 35.5. The summed E-state index contributed by atoms with van der Waals surface area (Å²) in [5.74, 6) is -0.391.